The third-order valence-electron chi connectivity index (χ3n) is 4.60. The van der Waals surface area contributed by atoms with Crippen LogP contribution in [0.4, 0.5) is 5.82 Å². The third-order valence-corrected chi connectivity index (χ3v) is 4.81. The van der Waals surface area contributed by atoms with E-state index in [1.54, 1.807) is 37.8 Å². The van der Waals surface area contributed by atoms with Crippen molar-refractivity contribution in [2.75, 3.05) is 25.1 Å². The van der Waals surface area contributed by atoms with Crippen LogP contribution in [-0.2, 0) is 0 Å². The zero-order valence-corrected chi connectivity index (χ0v) is 15.3. The molecule has 2 N–H and O–H groups in total. The zero-order valence-electron chi connectivity index (χ0n) is 14.6. The van der Waals surface area contributed by atoms with Crippen molar-refractivity contribution in [2.45, 2.75) is 18.6 Å². The second kappa shape index (κ2) is 7.22. The van der Waals surface area contributed by atoms with Crippen molar-refractivity contribution >= 4 is 28.3 Å². The molecular weight excluding hydrogens is 370 g/mol. The maximum absolute atomic E-state index is 10.1. The van der Waals surface area contributed by atoms with Gasteiger partial charge in [0.15, 0.2) is 5.82 Å². The van der Waals surface area contributed by atoms with E-state index in [0.29, 0.717) is 46.4 Å². The molecule has 3 aromatic rings. The summed E-state index contributed by atoms with van der Waals surface area (Å²) in [6, 6.07) is 3.47. The topological polar surface area (TPSA) is 104 Å². The van der Waals surface area contributed by atoms with Gasteiger partial charge in [0.25, 0.3) is 0 Å². The van der Waals surface area contributed by atoms with Crippen molar-refractivity contribution in [1.82, 2.24) is 19.9 Å². The first-order valence-electron chi connectivity index (χ1n) is 8.49. The molecule has 140 valence electrons. The van der Waals surface area contributed by atoms with Crippen LogP contribution in [0.5, 0.6) is 5.75 Å². The Labute approximate surface area is 160 Å². The lowest BCUT2D eigenvalue weighted by Gasteiger charge is -2.35. The first-order valence-corrected chi connectivity index (χ1v) is 8.87. The molecular formula is C18H18ClN5O3. The average molecular weight is 388 g/mol. The predicted molar refractivity (Wildman–Crippen MR) is 101 cm³/mol. The van der Waals surface area contributed by atoms with Crippen LogP contribution in [0.15, 0.2) is 30.7 Å². The van der Waals surface area contributed by atoms with Gasteiger partial charge in [0.2, 0.25) is 0 Å². The Morgan fingerprint density at radius 1 is 1.22 bits per heavy atom. The molecule has 4 heterocycles. The second-order valence-corrected chi connectivity index (χ2v) is 6.73. The van der Waals surface area contributed by atoms with E-state index in [-0.39, 0.29) is 6.54 Å². The van der Waals surface area contributed by atoms with Gasteiger partial charge in [-0.2, -0.15) is 0 Å². The summed E-state index contributed by atoms with van der Waals surface area (Å²) in [5, 5.41) is 21.0. The van der Waals surface area contributed by atoms with E-state index in [0.717, 1.165) is 5.56 Å². The van der Waals surface area contributed by atoms with E-state index in [4.69, 9.17) is 21.3 Å². The summed E-state index contributed by atoms with van der Waals surface area (Å²) in [6.45, 7) is 0.807. The Morgan fingerprint density at radius 2 is 2.07 bits per heavy atom. The summed E-state index contributed by atoms with van der Waals surface area (Å²) in [4.78, 5) is 19.4. The highest BCUT2D eigenvalue weighted by Gasteiger charge is 2.29. The van der Waals surface area contributed by atoms with Crippen molar-refractivity contribution in [2.24, 2.45) is 0 Å². The first kappa shape index (κ1) is 17.8. The number of piperidine rings is 1. The number of aliphatic hydroxyl groups excluding tert-OH is 2. The van der Waals surface area contributed by atoms with Gasteiger partial charge in [-0.15, -0.1) is 0 Å². The molecule has 0 unspecified atom stereocenters. The molecule has 0 radical (unpaired) electrons. The fraction of sp³-hybridized carbons (Fsp3) is 0.333. The van der Waals surface area contributed by atoms with Crippen LogP contribution in [0.3, 0.4) is 0 Å². The molecule has 1 aliphatic heterocycles. The fourth-order valence-electron chi connectivity index (χ4n) is 3.20. The number of ether oxygens (including phenoxy) is 1. The molecule has 0 aliphatic carbocycles. The molecule has 3 aromatic heterocycles. The van der Waals surface area contributed by atoms with Crippen molar-refractivity contribution in [3.63, 3.8) is 0 Å². The van der Waals surface area contributed by atoms with Crippen LogP contribution in [0, 0.1) is 0 Å². The third kappa shape index (κ3) is 3.39. The highest BCUT2D eigenvalue weighted by atomic mass is 35.5. The van der Waals surface area contributed by atoms with E-state index in [2.05, 4.69) is 15.0 Å². The van der Waals surface area contributed by atoms with Gasteiger partial charge in [-0.25, -0.2) is 15.0 Å². The maximum Gasteiger partial charge on any atom is 0.162 e. The molecule has 27 heavy (non-hydrogen) atoms. The molecule has 0 bridgehead atoms. The first-order chi connectivity index (χ1) is 13.1. The monoisotopic (exact) mass is 387 g/mol. The number of fused-ring (bicyclic) bond motifs is 1. The molecule has 4 rings (SSSR count). The molecule has 0 amide bonds. The van der Waals surface area contributed by atoms with Crippen LogP contribution >= 0.6 is 11.6 Å². The quantitative estimate of drug-likeness (QED) is 0.654. The summed E-state index contributed by atoms with van der Waals surface area (Å²) in [7, 11) is 1.56. The minimum atomic E-state index is -0.851. The Bertz CT molecular complexity index is 986. The Balaban J connectivity index is 1.91. The van der Waals surface area contributed by atoms with E-state index >= 15 is 0 Å². The molecule has 1 aliphatic rings. The lowest BCUT2D eigenvalue weighted by atomic mass is 10.0. The van der Waals surface area contributed by atoms with Crippen LogP contribution in [0.1, 0.15) is 6.42 Å². The molecule has 0 aromatic carbocycles. The van der Waals surface area contributed by atoms with Crippen LogP contribution in [0.2, 0.25) is 5.15 Å². The highest BCUT2D eigenvalue weighted by molar-refractivity contribution is 6.29. The van der Waals surface area contributed by atoms with E-state index in [9.17, 15) is 10.2 Å². The minimum Gasteiger partial charge on any atom is -0.494 e. The lowest BCUT2D eigenvalue weighted by Crippen LogP contribution is -2.47. The van der Waals surface area contributed by atoms with Gasteiger partial charge in [0, 0.05) is 24.8 Å². The molecule has 1 saturated heterocycles. The lowest BCUT2D eigenvalue weighted by molar-refractivity contribution is 0.00792. The van der Waals surface area contributed by atoms with Crippen LogP contribution < -0.4 is 9.64 Å². The number of pyridine rings is 2. The predicted octanol–water partition coefficient (Wildman–Crippen LogP) is 1.68. The van der Waals surface area contributed by atoms with Gasteiger partial charge in [-0.1, -0.05) is 11.6 Å². The second-order valence-electron chi connectivity index (χ2n) is 6.34. The summed E-state index contributed by atoms with van der Waals surface area (Å²) in [5.74, 6) is 1.63. The standard InChI is InChI=1S/C18H18ClN5O3/c1-27-14-8-20-7-11-16(14)18(24-5-3-12(25)13(26)9-24)23-17(22-11)10-2-4-21-15(19)6-10/h2,4,6-8,12-13,25-26H,3,5,9H2,1H3/t12-,13+/m1/s1. The molecule has 8 nitrogen and oxygen atoms in total. The SMILES string of the molecule is COc1cncc2nc(-c3ccnc(Cl)c3)nc(N3CC[C@@H](O)[C@@H](O)C3)c12. The molecule has 9 heteroatoms. The number of nitrogens with zero attached hydrogens (tertiary/aromatic N) is 5. The van der Waals surface area contributed by atoms with Crippen molar-refractivity contribution in [1.29, 1.82) is 0 Å². The van der Waals surface area contributed by atoms with E-state index < -0.39 is 12.2 Å². The fourth-order valence-corrected chi connectivity index (χ4v) is 3.38. The summed E-state index contributed by atoms with van der Waals surface area (Å²) >= 11 is 6.01. The number of hydrogen-bond acceptors (Lipinski definition) is 8. The minimum absolute atomic E-state index is 0.259. The van der Waals surface area contributed by atoms with Gasteiger partial charge in [-0.05, 0) is 18.6 Å². The summed E-state index contributed by atoms with van der Waals surface area (Å²) in [5.41, 5.74) is 1.33. The van der Waals surface area contributed by atoms with Gasteiger partial charge in [0.05, 0.1) is 42.6 Å². The number of halogens is 1. The van der Waals surface area contributed by atoms with Gasteiger partial charge >= 0.3 is 0 Å². The van der Waals surface area contributed by atoms with Crippen LogP contribution in [-0.4, -0.2) is 62.6 Å². The van der Waals surface area contributed by atoms with Gasteiger partial charge in [-0.3, -0.25) is 4.98 Å². The number of hydrogen-bond donors (Lipinski definition) is 2. The Morgan fingerprint density at radius 3 is 2.81 bits per heavy atom. The maximum atomic E-state index is 10.1. The Kier molecular flexibility index (Phi) is 4.77. The number of rotatable bonds is 3. The summed E-state index contributed by atoms with van der Waals surface area (Å²) < 4.78 is 5.46. The Hall–Kier alpha value is -2.55. The summed E-state index contributed by atoms with van der Waals surface area (Å²) in [6.07, 6.45) is 3.69. The molecule has 2 atom stereocenters. The number of anilines is 1. The van der Waals surface area contributed by atoms with Crippen LogP contribution in [0.25, 0.3) is 22.3 Å². The number of aromatic nitrogens is 4. The highest BCUT2D eigenvalue weighted by Crippen LogP contribution is 2.35. The largest absolute Gasteiger partial charge is 0.494 e. The van der Waals surface area contributed by atoms with Gasteiger partial charge in [0.1, 0.15) is 16.7 Å². The normalized spacial score (nSPS) is 20.1. The van der Waals surface area contributed by atoms with Crippen molar-refractivity contribution < 1.29 is 14.9 Å². The zero-order chi connectivity index (χ0) is 19.0. The van der Waals surface area contributed by atoms with Crippen molar-refractivity contribution in [3.8, 4) is 17.1 Å². The molecule has 1 fully saturated rings. The molecule has 0 spiro atoms. The molecule has 0 saturated carbocycles. The van der Waals surface area contributed by atoms with Gasteiger partial charge < -0.3 is 19.8 Å². The number of methoxy groups -OCH3 is 1. The number of β-amino-alcohol motifs (C(OH)–C–C–N with tert-alkyl or cyclic N) is 1. The van der Waals surface area contributed by atoms with Crippen molar-refractivity contribution in [3.05, 3.63) is 35.9 Å². The smallest absolute Gasteiger partial charge is 0.162 e. The number of aliphatic hydroxyl groups is 2. The van der Waals surface area contributed by atoms with E-state index in [1.807, 2.05) is 4.90 Å². The average Bonchev–Trinajstić information content (AvgIpc) is 2.68. The van der Waals surface area contributed by atoms with E-state index in [1.165, 1.54) is 0 Å².